The van der Waals surface area contributed by atoms with Gasteiger partial charge in [-0.1, -0.05) is 6.07 Å². The monoisotopic (exact) mass is 410 g/mol. The summed E-state index contributed by atoms with van der Waals surface area (Å²) in [6, 6.07) is 8.68. The van der Waals surface area contributed by atoms with Crippen LogP contribution in [0, 0.1) is 11.6 Å². The largest absolute Gasteiger partial charge is 0.497 e. The lowest BCUT2D eigenvalue weighted by molar-refractivity contribution is 0.0938. The van der Waals surface area contributed by atoms with Crippen LogP contribution in [-0.4, -0.2) is 44.9 Å². The normalized spacial score (nSPS) is 17.5. The first-order valence-electron chi connectivity index (χ1n) is 8.72. The van der Waals surface area contributed by atoms with E-state index in [1.165, 1.54) is 29.6 Å². The van der Waals surface area contributed by atoms with Gasteiger partial charge in [-0.05, 0) is 49.2 Å². The SMILES string of the molecule is COc1ccc(S(=O)(=O)N2CCCC2CNC(=O)c2c(F)cccc2F)cc1. The molecule has 0 aliphatic carbocycles. The molecule has 1 heterocycles. The van der Waals surface area contributed by atoms with Crippen LogP contribution in [0.4, 0.5) is 8.78 Å². The first kappa shape index (κ1) is 20.2. The molecule has 1 unspecified atom stereocenters. The number of carbonyl (C=O) groups excluding carboxylic acids is 1. The molecule has 1 aliphatic rings. The molecule has 150 valence electrons. The Kier molecular flexibility index (Phi) is 5.95. The Morgan fingerprint density at radius 2 is 1.82 bits per heavy atom. The third kappa shape index (κ3) is 4.00. The summed E-state index contributed by atoms with van der Waals surface area (Å²) in [7, 11) is -2.28. The molecule has 0 bridgehead atoms. The van der Waals surface area contributed by atoms with Gasteiger partial charge < -0.3 is 10.1 Å². The highest BCUT2D eigenvalue weighted by Crippen LogP contribution is 2.27. The van der Waals surface area contributed by atoms with E-state index in [1.807, 2.05) is 0 Å². The van der Waals surface area contributed by atoms with Gasteiger partial charge in [0, 0.05) is 19.1 Å². The third-order valence-electron chi connectivity index (χ3n) is 4.68. The van der Waals surface area contributed by atoms with Crippen molar-refractivity contribution in [3.05, 3.63) is 59.7 Å². The van der Waals surface area contributed by atoms with Gasteiger partial charge in [0.25, 0.3) is 5.91 Å². The molecule has 1 N–H and O–H groups in total. The van der Waals surface area contributed by atoms with Gasteiger partial charge in [-0.15, -0.1) is 0 Å². The van der Waals surface area contributed by atoms with Crippen molar-refractivity contribution in [2.45, 2.75) is 23.8 Å². The van der Waals surface area contributed by atoms with Gasteiger partial charge in [-0.2, -0.15) is 4.31 Å². The van der Waals surface area contributed by atoms with Crippen molar-refractivity contribution in [1.29, 1.82) is 0 Å². The van der Waals surface area contributed by atoms with Crippen LogP contribution in [0.25, 0.3) is 0 Å². The molecule has 2 aromatic rings. The highest BCUT2D eigenvalue weighted by atomic mass is 32.2. The number of nitrogens with zero attached hydrogens (tertiary/aromatic N) is 1. The lowest BCUT2D eigenvalue weighted by atomic mass is 10.1. The lowest BCUT2D eigenvalue weighted by Crippen LogP contribution is -2.43. The number of sulfonamides is 1. The second-order valence-corrected chi connectivity index (χ2v) is 8.28. The summed E-state index contributed by atoms with van der Waals surface area (Å²) in [5.74, 6) is -2.31. The maximum Gasteiger partial charge on any atom is 0.257 e. The zero-order valence-electron chi connectivity index (χ0n) is 15.2. The number of benzene rings is 2. The fraction of sp³-hybridized carbons (Fsp3) is 0.316. The molecule has 1 atom stereocenters. The summed E-state index contributed by atoms with van der Waals surface area (Å²) in [5.41, 5.74) is -0.676. The van der Waals surface area contributed by atoms with Gasteiger partial charge in [-0.3, -0.25) is 4.79 Å². The summed E-state index contributed by atoms with van der Waals surface area (Å²) in [4.78, 5) is 12.3. The van der Waals surface area contributed by atoms with Crippen molar-refractivity contribution in [3.8, 4) is 5.75 Å². The summed E-state index contributed by atoms with van der Waals surface area (Å²) in [6.45, 7) is 0.269. The molecule has 1 fully saturated rings. The molecule has 0 saturated carbocycles. The molecule has 0 spiro atoms. The van der Waals surface area contributed by atoms with Crippen LogP contribution < -0.4 is 10.1 Å². The van der Waals surface area contributed by atoms with E-state index in [4.69, 9.17) is 4.74 Å². The maximum absolute atomic E-state index is 13.7. The Bertz CT molecular complexity index is 944. The van der Waals surface area contributed by atoms with Crippen LogP contribution in [0.15, 0.2) is 47.4 Å². The molecular weight excluding hydrogens is 390 g/mol. The first-order chi connectivity index (χ1) is 13.3. The molecule has 6 nitrogen and oxygen atoms in total. The van der Waals surface area contributed by atoms with E-state index in [9.17, 15) is 22.0 Å². The Morgan fingerprint density at radius 1 is 1.18 bits per heavy atom. The average Bonchev–Trinajstić information content (AvgIpc) is 3.16. The van der Waals surface area contributed by atoms with E-state index in [1.54, 1.807) is 12.1 Å². The highest BCUT2D eigenvalue weighted by Gasteiger charge is 2.35. The highest BCUT2D eigenvalue weighted by molar-refractivity contribution is 7.89. The second-order valence-electron chi connectivity index (χ2n) is 6.39. The van der Waals surface area contributed by atoms with Crippen molar-refractivity contribution in [2.24, 2.45) is 0 Å². The van der Waals surface area contributed by atoms with Crippen LogP contribution in [0.5, 0.6) is 5.75 Å². The number of rotatable bonds is 6. The molecule has 0 radical (unpaired) electrons. The number of nitrogens with one attached hydrogen (secondary N) is 1. The number of ether oxygens (including phenoxy) is 1. The van der Waals surface area contributed by atoms with Gasteiger partial charge in [0.15, 0.2) is 0 Å². The number of hydrogen-bond acceptors (Lipinski definition) is 4. The smallest absolute Gasteiger partial charge is 0.257 e. The first-order valence-corrected chi connectivity index (χ1v) is 10.2. The lowest BCUT2D eigenvalue weighted by Gasteiger charge is -2.24. The van der Waals surface area contributed by atoms with Gasteiger partial charge in [0.2, 0.25) is 10.0 Å². The summed E-state index contributed by atoms with van der Waals surface area (Å²) < 4.78 is 59.7. The topological polar surface area (TPSA) is 75.7 Å². The molecule has 2 aromatic carbocycles. The Morgan fingerprint density at radius 3 is 2.43 bits per heavy atom. The molecule has 9 heteroatoms. The van der Waals surface area contributed by atoms with Crippen LogP contribution >= 0.6 is 0 Å². The minimum atomic E-state index is -3.76. The van der Waals surface area contributed by atoms with Crippen LogP contribution in [0.3, 0.4) is 0 Å². The fourth-order valence-corrected chi connectivity index (χ4v) is 4.92. The predicted octanol–water partition coefficient (Wildman–Crippen LogP) is 2.56. The van der Waals surface area contributed by atoms with Crippen molar-refractivity contribution in [1.82, 2.24) is 9.62 Å². The Labute approximate surface area is 162 Å². The third-order valence-corrected chi connectivity index (χ3v) is 6.64. The van der Waals surface area contributed by atoms with E-state index >= 15 is 0 Å². The molecule has 0 aromatic heterocycles. The summed E-state index contributed by atoms with van der Waals surface area (Å²) in [6.07, 6.45) is 1.17. The fourth-order valence-electron chi connectivity index (χ4n) is 3.23. The average molecular weight is 410 g/mol. The minimum Gasteiger partial charge on any atom is -0.497 e. The molecule has 3 rings (SSSR count). The number of hydrogen-bond donors (Lipinski definition) is 1. The van der Waals surface area contributed by atoms with Crippen LogP contribution in [0.2, 0.25) is 0 Å². The van der Waals surface area contributed by atoms with Crippen molar-refractivity contribution >= 4 is 15.9 Å². The van der Waals surface area contributed by atoms with E-state index in [2.05, 4.69) is 5.32 Å². The summed E-state index contributed by atoms with van der Waals surface area (Å²) in [5, 5.41) is 2.45. The minimum absolute atomic E-state index is 0.0397. The maximum atomic E-state index is 13.7. The van der Waals surface area contributed by atoms with Crippen LogP contribution in [-0.2, 0) is 10.0 Å². The zero-order chi connectivity index (χ0) is 20.3. The van der Waals surface area contributed by atoms with Crippen molar-refractivity contribution in [3.63, 3.8) is 0 Å². The standard InChI is InChI=1S/C19H20F2N2O4S/c1-27-14-7-9-15(10-8-14)28(25,26)23-11-3-4-13(23)12-22-19(24)18-16(20)5-2-6-17(18)21/h2,5-10,13H,3-4,11-12H2,1H3,(H,22,24). The Hall–Kier alpha value is -2.52. The second kappa shape index (κ2) is 8.24. The van der Waals surface area contributed by atoms with Gasteiger partial charge in [0.1, 0.15) is 22.9 Å². The van der Waals surface area contributed by atoms with Crippen LogP contribution in [0.1, 0.15) is 23.2 Å². The van der Waals surface area contributed by atoms with E-state index in [0.29, 0.717) is 25.1 Å². The van der Waals surface area contributed by atoms with Crippen molar-refractivity contribution in [2.75, 3.05) is 20.2 Å². The Balaban J connectivity index is 1.73. The molecular formula is C19H20F2N2O4S. The summed E-state index contributed by atoms with van der Waals surface area (Å²) >= 11 is 0. The van der Waals surface area contributed by atoms with Gasteiger partial charge in [0.05, 0.1) is 12.0 Å². The number of amides is 1. The van der Waals surface area contributed by atoms with Gasteiger partial charge >= 0.3 is 0 Å². The molecule has 28 heavy (non-hydrogen) atoms. The predicted molar refractivity (Wildman–Crippen MR) is 98.6 cm³/mol. The molecule has 1 aliphatic heterocycles. The molecule has 1 amide bonds. The zero-order valence-corrected chi connectivity index (χ0v) is 16.0. The quantitative estimate of drug-likeness (QED) is 0.794. The molecule has 1 saturated heterocycles. The number of methoxy groups -OCH3 is 1. The van der Waals surface area contributed by atoms with E-state index in [-0.39, 0.29) is 11.4 Å². The number of halogens is 2. The van der Waals surface area contributed by atoms with Gasteiger partial charge in [-0.25, -0.2) is 17.2 Å². The van der Waals surface area contributed by atoms with E-state index < -0.39 is 39.2 Å². The number of carbonyl (C=O) groups is 1. The van der Waals surface area contributed by atoms with Crippen molar-refractivity contribution < 1.29 is 26.7 Å². The van der Waals surface area contributed by atoms with E-state index in [0.717, 1.165) is 12.1 Å².